The van der Waals surface area contributed by atoms with Crippen LogP contribution in [0.4, 0.5) is 0 Å². The second-order valence-corrected chi connectivity index (χ2v) is 22.3. The summed E-state index contributed by atoms with van der Waals surface area (Å²) in [6, 6.07) is 44.3. The van der Waals surface area contributed by atoms with Crippen molar-refractivity contribution in [2.45, 2.75) is 66.1 Å². The molecule has 293 valence electrons. The van der Waals surface area contributed by atoms with Gasteiger partial charge < -0.3 is 9.55 Å². The molecule has 0 unspecified atom stereocenters. The second-order valence-electron chi connectivity index (χ2n) is 16.2. The number of pyridine rings is 2. The van der Waals surface area contributed by atoms with E-state index >= 15 is 0 Å². The van der Waals surface area contributed by atoms with Crippen molar-refractivity contribution in [3.05, 3.63) is 162 Å². The van der Waals surface area contributed by atoms with Crippen LogP contribution in [0.2, 0.25) is 19.6 Å². The predicted molar refractivity (Wildman–Crippen MR) is 246 cm³/mol. The Bertz CT molecular complexity index is 2970. The Morgan fingerprint density at radius 1 is 0.741 bits per heavy atom. The Morgan fingerprint density at radius 3 is 2.14 bits per heavy atom. The molecule has 0 amide bonds. The monoisotopic (exact) mass is 972 g/mol. The molecule has 7 heteroatoms. The van der Waals surface area contributed by atoms with Gasteiger partial charge in [0.25, 0.3) is 0 Å². The van der Waals surface area contributed by atoms with Gasteiger partial charge in [-0.2, -0.15) is 11.3 Å². The number of para-hydroxylation sites is 2. The van der Waals surface area contributed by atoms with E-state index in [1.165, 1.54) is 54.7 Å². The van der Waals surface area contributed by atoms with Gasteiger partial charge >= 0.3 is 0 Å². The minimum absolute atomic E-state index is 0. The summed E-state index contributed by atoms with van der Waals surface area (Å²) in [6.45, 7) is 18.0. The Balaban J connectivity index is 0.000000237. The fourth-order valence-electron chi connectivity index (χ4n) is 7.33. The Kier molecular flexibility index (Phi) is 10.9. The summed E-state index contributed by atoms with van der Waals surface area (Å²) in [5.74, 6) is 1.56. The van der Waals surface area contributed by atoms with Crippen molar-refractivity contribution in [1.82, 2.24) is 19.5 Å². The third-order valence-corrected chi connectivity index (χ3v) is 13.6. The van der Waals surface area contributed by atoms with E-state index in [4.69, 9.17) is 14.1 Å². The number of hydrogen-bond acceptors (Lipinski definition) is 4. The van der Waals surface area contributed by atoms with Gasteiger partial charge in [-0.05, 0) is 93.7 Å². The van der Waals surface area contributed by atoms with E-state index in [-0.39, 0.29) is 38.2 Å². The molecular formula is C51H48IrN4SSi-2. The first-order chi connectivity index (χ1) is 28.7. The van der Waals surface area contributed by atoms with Gasteiger partial charge in [0.2, 0.25) is 0 Å². The Hall–Kier alpha value is -5.04. The van der Waals surface area contributed by atoms with Crippen molar-refractivity contribution in [1.29, 1.82) is 0 Å². The van der Waals surface area contributed by atoms with Crippen LogP contribution in [0.5, 0.6) is 0 Å². The summed E-state index contributed by atoms with van der Waals surface area (Å²) >= 11 is 1.74. The van der Waals surface area contributed by atoms with Gasteiger partial charge in [-0.3, -0.25) is 4.98 Å². The average molecular weight is 972 g/mol. The molecule has 0 atom stereocenters. The van der Waals surface area contributed by atoms with Crippen molar-refractivity contribution in [3.63, 3.8) is 0 Å². The first-order valence-corrected chi connectivity index (χ1v) is 23.9. The summed E-state index contributed by atoms with van der Waals surface area (Å²) in [7, 11) is -1.36. The number of aromatic nitrogens is 4. The fourth-order valence-corrected chi connectivity index (χ4v) is 9.58. The molecule has 5 aromatic carbocycles. The van der Waals surface area contributed by atoms with E-state index in [9.17, 15) is 0 Å². The molecule has 0 saturated heterocycles. The molecule has 0 spiro atoms. The number of benzene rings is 5. The van der Waals surface area contributed by atoms with Crippen LogP contribution in [0.25, 0.3) is 70.8 Å². The molecule has 9 aromatic rings. The van der Waals surface area contributed by atoms with Gasteiger partial charge in [-0.15, -0.1) is 54.0 Å². The zero-order valence-corrected chi connectivity index (χ0v) is 38.4. The van der Waals surface area contributed by atoms with E-state index in [0.29, 0.717) is 23.1 Å². The molecule has 0 bridgehead atoms. The molecular weight excluding hydrogens is 921 g/mol. The molecule has 0 fully saturated rings. The second kappa shape index (κ2) is 17.0. The van der Waals surface area contributed by atoms with Crippen LogP contribution < -0.4 is 5.19 Å². The molecule has 0 aliphatic carbocycles. The molecule has 0 aliphatic heterocycles. The van der Waals surface area contributed by atoms with Gasteiger partial charge in [0.1, 0.15) is 4.83 Å². The molecule has 9 rings (SSSR count). The van der Waals surface area contributed by atoms with E-state index in [0.717, 1.165) is 32.9 Å². The number of aryl methyl sites for hydroxylation is 1. The van der Waals surface area contributed by atoms with E-state index in [2.05, 4.69) is 167 Å². The van der Waals surface area contributed by atoms with Crippen molar-refractivity contribution in [3.8, 4) is 39.5 Å². The summed E-state index contributed by atoms with van der Waals surface area (Å²) < 4.78 is 26.3. The fraction of sp³-hybridized carbons (Fsp3) is 0.196. The SMILES string of the molecule is Cc1ccc2c(n1)sc1c(-c3nc4ccccc4n3-c3c(C(C)C)cc(-c4ccccc4)cc3C(C)C)[c-]ccc12.[2H]c1[c-]c(-c2ccc([Si](C)(C)C)cn2)cc([2H])c1[2H].[Ir]. The van der Waals surface area contributed by atoms with Crippen LogP contribution in [-0.2, 0) is 20.1 Å². The quantitative estimate of drug-likeness (QED) is 0.118. The maximum absolute atomic E-state index is 7.64. The number of fused-ring (bicyclic) bond motifs is 4. The average Bonchev–Trinajstić information content (AvgIpc) is 3.80. The molecule has 58 heavy (non-hydrogen) atoms. The van der Waals surface area contributed by atoms with Crippen molar-refractivity contribution >= 4 is 55.9 Å². The maximum Gasteiger partial charge on any atom is 0.113 e. The maximum atomic E-state index is 7.64. The zero-order valence-electron chi connectivity index (χ0n) is 37.2. The normalized spacial score (nSPS) is 12.3. The summed E-state index contributed by atoms with van der Waals surface area (Å²) in [5.41, 5.74) is 11.8. The molecule has 1 radical (unpaired) electrons. The topological polar surface area (TPSA) is 43.6 Å². The summed E-state index contributed by atoms with van der Waals surface area (Å²) in [6.07, 6.45) is 1.87. The third kappa shape index (κ3) is 8.14. The molecule has 0 aliphatic rings. The molecule has 4 nitrogen and oxygen atoms in total. The predicted octanol–water partition coefficient (Wildman–Crippen LogP) is 13.6. The van der Waals surface area contributed by atoms with E-state index in [1.54, 1.807) is 11.3 Å². The van der Waals surface area contributed by atoms with Crippen molar-refractivity contribution in [2.24, 2.45) is 0 Å². The molecule has 4 heterocycles. The van der Waals surface area contributed by atoms with Crippen LogP contribution in [0.15, 0.2) is 134 Å². The van der Waals surface area contributed by atoms with Crippen LogP contribution in [0.3, 0.4) is 0 Å². The van der Waals surface area contributed by atoms with Crippen LogP contribution >= 0.6 is 11.3 Å². The Labute approximate surface area is 365 Å². The largest absolute Gasteiger partial charge is 0.333 e. The standard InChI is InChI=1S/C37H32N3S.C14H16NSi.Ir/c1-22(2)30-20-26(25-12-7-6-8-13-25)21-31(23(3)4)34(30)40-33-17-10-9-16-32(33)39-36(40)29-15-11-14-27-28-19-18-24(5)38-37(28)41-35(27)29;1-16(2,3)13-9-10-14(15-11-13)12-7-5-4-6-8-12;/h6-14,16-23H,1-5H3;4-7,9-11H,1-3H3;/q2*-1;/i;4D,5D,6D;. The van der Waals surface area contributed by atoms with Gasteiger partial charge in [0.05, 0.1) is 24.9 Å². The van der Waals surface area contributed by atoms with Gasteiger partial charge in [0, 0.05) is 40.4 Å². The van der Waals surface area contributed by atoms with Crippen LogP contribution in [0, 0.1) is 19.1 Å². The minimum Gasteiger partial charge on any atom is -0.333 e. The zero-order chi connectivity index (χ0) is 42.5. The smallest absolute Gasteiger partial charge is 0.113 e. The molecule has 4 aromatic heterocycles. The minimum atomic E-state index is -1.36. The first kappa shape index (κ1) is 37.2. The van der Waals surface area contributed by atoms with Crippen molar-refractivity contribution in [2.75, 3.05) is 0 Å². The van der Waals surface area contributed by atoms with E-state index < -0.39 is 8.07 Å². The number of nitrogens with zero attached hydrogens (tertiary/aromatic N) is 4. The summed E-state index contributed by atoms with van der Waals surface area (Å²) in [5, 5.41) is 3.66. The summed E-state index contributed by atoms with van der Waals surface area (Å²) in [4.78, 5) is 15.6. The van der Waals surface area contributed by atoms with Crippen LogP contribution in [0.1, 0.15) is 60.5 Å². The van der Waals surface area contributed by atoms with Gasteiger partial charge in [-0.1, -0.05) is 119 Å². The van der Waals surface area contributed by atoms with Crippen molar-refractivity contribution < 1.29 is 24.2 Å². The van der Waals surface area contributed by atoms with Crippen LogP contribution in [-0.4, -0.2) is 27.6 Å². The van der Waals surface area contributed by atoms with Gasteiger partial charge in [-0.25, -0.2) is 4.98 Å². The van der Waals surface area contributed by atoms with Gasteiger partial charge in [0.15, 0.2) is 0 Å². The molecule has 0 N–H and O–H groups in total. The first-order valence-electron chi connectivity index (χ1n) is 21.1. The number of hydrogen-bond donors (Lipinski definition) is 0. The third-order valence-electron chi connectivity index (χ3n) is 10.4. The van der Waals surface area contributed by atoms with E-state index in [1.807, 2.05) is 18.3 Å². The number of thiophene rings is 1. The number of imidazole rings is 1. The molecule has 0 saturated carbocycles. The number of rotatable bonds is 7. The Morgan fingerprint density at radius 2 is 1.47 bits per heavy atom.